The first-order valence-corrected chi connectivity index (χ1v) is 8.86. The Bertz CT molecular complexity index is 742. The number of nitrogens with zero attached hydrogens (tertiary/aromatic N) is 2. The van der Waals surface area contributed by atoms with Crippen LogP contribution in [0.15, 0.2) is 48.8 Å². The maximum Gasteiger partial charge on any atom is 0.325 e. The van der Waals surface area contributed by atoms with Gasteiger partial charge in [0.05, 0.1) is 12.2 Å². The summed E-state index contributed by atoms with van der Waals surface area (Å²) in [5.41, 5.74) is 0.461. The number of piperidine rings is 1. The molecule has 1 unspecified atom stereocenters. The Kier molecular flexibility index (Phi) is 5.54. The molecule has 1 aliphatic rings. The summed E-state index contributed by atoms with van der Waals surface area (Å²) < 4.78 is 5.62. The first-order chi connectivity index (χ1) is 12.5. The molecule has 1 saturated heterocycles. The van der Waals surface area contributed by atoms with Gasteiger partial charge in [-0.3, -0.25) is 14.7 Å². The molecule has 2 N–H and O–H groups in total. The number of ether oxygens (including phenoxy) is 1. The number of aliphatic carboxylic acids is 1. The summed E-state index contributed by atoms with van der Waals surface area (Å²) in [5.74, 6) is -0.320. The van der Waals surface area contributed by atoms with Gasteiger partial charge in [-0.15, -0.1) is 0 Å². The van der Waals surface area contributed by atoms with E-state index in [0.717, 1.165) is 5.56 Å². The highest BCUT2D eigenvalue weighted by Crippen LogP contribution is 2.37. The Labute approximate surface area is 153 Å². The van der Waals surface area contributed by atoms with Crippen LogP contribution in [0.2, 0.25) is 0 Å². The molecule has 0 spiro atoms. The molecule has 6 heteroatoms. The SMILES string of the molecule is CCOc1ccccc1C(C(=O)O)N1CCC(O)(c2cccnc2)CC1. The van der Waals surface area contributed by atoms with Crippen LogP contribution >= 0.6 is 0 Å². The average molecular weight is 356 g/mol. The van der Waals surface area contributed by atoms with Crippen LogP contribution in [-0.2, 0) is 10.4 Å². The fourth-order valence-electron chi connectivity index (χ4n) is 3.56. The maximum absolute atomic E-state index is 12.0. The zero-order valence-corrected chi connectivity index (χ0v) is 14.8. The van der Waals surface area contributed by atoms with E-state index in [4.69, 9.17) is 4.74 Å². The molecule has 0 bridgehead atoms. The lowest BCUT2D eigenvalue weighted by atomic mass is 9.84. The van der Waals surface area contributed by atoms with Gasteiger partial charge < -0.3 is 14.9 Å². The standard InChI is InChI=1S/C20H24N2O4/c1-2-26-17-8-4-3-7-16(17)18(19(23)24)22-12-9-20(25,10-13-22)15-6-5-11-21-14-15/h3-8,11,14,18,25H,2,9-10,12-13H2,1H3,(H,23,24). The molecule has 0 radical (unpaired) electrons. The number of para-hydroxylation sites is 1. The molecule has 6 nitrogen and oxygen atoms in total. The number of rotatable bonds is 6. The second-order valence-corrected chi connectivity index (χ2v) is 6.52. The van der Waals surface area contributed by atoms with Crippen molar-refractivity contribution in [2.24, 2.45) is 0 Å². The van der Waals surface area contributed by atoms with Gasteiger partial charge in [-0.25, -0.2) is 0 Å². The summed E-state index contributed by atoms with van der Waals surface area (Å²) in [6.07, 6.45) is 4.26. The number of carboxylic acid groups (broad SMARTS) is 1. The van der Waals surface area contributed by atoms with Crippen molar-refractivity contribution in [3.8, 4) is 5.75 Å². The van der Waals surface area contributed by atoms with E-state index in [1.807, 2.05) is 30.0 Å². The number of likely N-dealkylation sites (tertiary alicyclic amines) is 1. The Morgan fingerprint density at radius 1 is 1.27 bits per heavy atom. The summed E-state index contributed by atoms with van der Waals surface area (Å²) in [6.45, 7) is 3.30. The number of pyridine rings is 1. The van der Waals surface area contributed by atoms with Gasteiger partial charge in [0.25, 0.3) is 0 Å². The zero-order valence-electron chi connectivity index (χ0n) is 14.8. The highest BCUT2D eigenvalue weighted by atomic mass is 16.5. The molecule has 26 heavy (non-hydrogen) atoms. The molecule has 1 aromatic carbocycles. The van der Waals surface area contributed by atoms with Crippen molar-refractivity contribution < 1.29 is 19.7 Å². The molecule has 1 aliphatic heterocycles. The minimum atomic E-state index is -0.965. The van der Waals surface area contributed by atoms with Crippen molar-refractivity contribution in [3.63, 3.8) is 0 Å². The van der Waals surface area contributed by atoms with Crippen LogP contribution < -0.4 is 4.74 Å². The van der Waals surface area contributed by atoms with Crippen molar-refractivity contribution >= 4 is 5.97 Å². The maximum atomic E-state index is 12.0. The van der Waals surface area contributed by atoms with E-state index in [2.05, 4.69) is 4.98 Å². The van der Waals surface area contributed by atoms with Gasteiger partial charge in [-0.2, -0.15) is 0 Å². The third kappa shape index (κ3) is 3.71. The van der Waals surface area contributed by atoms with Gasteiger partial charge in [0.15, 0.2) is 0 Å². The molecule has 1 aromatic heterocycles. The number of hydrogen-bond donors (Lipinski definition) is 2. The highest BCUT2D eigenvalue weighted by Gasteiger charge is 2.39. The van der Waals surface area contributed by atoms with Gasteiger partial charge in [0.2, 0.25) is 0 Å². The van der Waals surface area contributed by atoms with Crippen LogP contribution in [-0.4, -0.2) is 45.8 Å². The van der Waals surface area contributed by atoms with Crippen LogP contribution in [0.4, 0.5) is 0 Å². The van der Waals surface area contributed by atoms with Gasteiger partial charge >= 0.3 is 5.97 Å². The van der Waals surface area contributed by atoms with Crippen LogP contribution in [0, 0.1) is 0 Å². The van der Waals surface area contributed by atoms with E-state index in [1.54, 1.807) is 30.6 Å². The van der Waals surface area contributed by atoms with Gasteiger partial charge in [0, 0.05) is 36.6 Å². The van der Waals surface area contributed by atoms with E-state index < -0.39 is 17.6 Å². The number of aromatic nitrogens is 1. The van der Waals surface area contributed by atoms with Crippen LogP contribution in [0.25, 0.3) is 0 Å². The second kappa shape index (κ2) is 7.85. The van der Waals surface area contributed by atoms with Crippen LogP contribution in [0.3, 0.4) is 0 Å². The Hall–Kier alpha value is -2.44. The number of carboxylic acids is 1. The van der Waals surface area contributed by atoms with E-state index in [0.29, 0.717) is 43.9 Å². The molecular formula is C20H24N2O4. The molecule has 0 saturated carbocycles. The summed E-state index contributed by atoms with van der Waals surface area (Å²) in [4.78, 5) is 18.0. The molecule has 3 rings (SSSR count). The molecule has 0 amide bonds. The summed E-state index contributed by atoms with van der Waals surface area (Å²) >= 11 is 0. The lowest BCUT2D eigenvalue weighted by Gasteiger charge is -2.40. The largest absolute Gasteiger partial charge is 0.494 e. The second-order valence-electron chi connectivity index (χ2n) is 6.52. The van der Waals surface area contributed by atoms with Crippen LogP contribution in [0.5, 0.6) is 5.75 Å². The smallest absolute Gasteiger partial charge is 0.325 e. The van der Waals surface area contributed by atoms with Gasteiger partial charge in [-0.05, 0) is 31.9 Å². The van der Waals surface area contributed by atoms with Crippen molar-refractivity contribution in [2.75, 3.05) is 19.7 Å². The topological polar surface area (TPSA) is 82.9 Å². The lowest BCUT2D eigenvalue weighted by Crippen LogP contribution is -2.46. The summed E-state index contributed by atoms with van der Waals surface area (Å²) in [7, 11) is 0. The van der Waals surface area contributed by atoms with Crippen LogP contribution in [0.1, 0.15) is 36.9 Å². The quantitative estimate of drug-likeness (QED) is 0.828. The summed E-state index contributed by atoms with van der Waals surface area (Å²) in [5, 5.41) is 20.8. The monoisotopic (exact) mass is 356 g/mol. The Morgan fingerprint density at radius 3 is 2.62 bits per heavy atom. The first kappa shape index (κ1) is 18.4. The van der Waals surface area contributed by atoms with E-state index in [-0.39, 0.29) is 0 Å². The highest BCUT2D eigenvalue weighted by molar-refractivity contribution is 5.76. The number of carbonyl (C=O) groups is 1. The fourth-order valence-corrected chi connectivity index (χ4v) is 3.56. The van der Waals surface area contributed by atoms with E-state index in [9.17, 15) is 15.0 Å². The van der Waals surface area contributed by atoms with Crippen molar-refractivity contribution in [2.45, 2.75) is 31.4 Å². The van der Waals surface area contributed by atoms with E-state index >= 15 is 0 Å². The number of benzene rings is 1. The molecule has 138 valence electrons. The molecule has 1 fully saturated rings. The average Bonchev–Trinajstić information content (AvgIpc) is 2.66. The van der Waals surface area contributed by atoms with Crippen molar-refractivity contribution in [1.82, 2.24) is 9.88 Å². The fraction of sp³-hybridized carbons (Fsp3) is 0.400. The molecular weight excluding hydrogens is 332 g/mol. The number of aliphatic hydroxyl groups is 1. The lowest BCUT2D eigenvalue weighted by molar-refractivity contribution is -0.146. The Morgan fingerprint density at radius 2 is 2.00 bits per heavy atom. The van der Waals surface area contributed by atoms with Crippen molar-refractivity contribution in [1.29, 1.82) is 0 Å². The van der Waals surface area contributed by atoms with Gasteiger partial charge in [-0.1, -0.05) is 24.3 Å². The minimum Gasteiger partial charge on any atom is -0.494 e. The van der Waals surface area contributed by atoms with Gasteiger partial charge in [0.1, 0.15) is 11.8 Å². The number of hydrogen-bond acceptors (Lipinski definition) is 5. The predicted octanol–water partition coefficient (Wildman–Crippen LogP) is 2.59. The molecule has 1 atom stereocenters. The third-order valence-electron chi connectivity index (χ3n) is 4.94. The Balaban J connectivity index is 1.81. The normalized spacial score (nSPS) is 18.2. The molecule has 2 aromatic rings. The minimum absolute atomic E-state index is 0.458. The molecule has 0 aliphatic carbocycles. The third-order valence-corrected chi connectivity index (χ3v) is 4.94. The van der Waals surface area contributed by atoms with E-state index in [1.165, 1.54) is 0 Å². The first-order valence-electron chi connectivity index (χ1n) is 8.86. The zero-order chi connectivity index (χ0) is 18.6. The summed E-state index contributed by atoms with van der Waals surface area (Å²) in [6, 6.07) is 10.1. The molecule has 2 heterocycles. The van der Waals surface area contributed by atoms with Crippen molar-refractivity contribution in [3.05, 3.63) is 59.9 Å². The predicted molar refractivity (Wildman–Crippen MR) is 96.9 cm³/mol.